The van der Waals surface area contributed by atoms with E-state index in [4.69, 9.17) is 4.84 Å². The van der Waals surface area contributed by atoms with Gasteiger partial charge in [0.25, 0.3) is 12.3 Å². The van der Waals surface area contributed by atoms with E-state index in [1.54, 1.807) is 12.4 Å². The Morgan fingerprint density at radius 1 is 1.34 bits per heavy atom. The maximum absolute atomic E-state index is 13.3. The molecule has 2 aromatic rings. The first-order chi connectivity index (χ1) is 15.4. The molecule has 1 atom stereocenters. The molecule has 0 radical (unpaired) electrons. The number of anilines is 1. The van der Waals surface area contributed by atoms with E-state index in [1.807, 2.05) is 19.9 Å². The predicted molar refractivity (Wildman–Crippen MR) is 113 cm³/mol. The topological polar surface area (TPSA) is 84.4 Å². The molecule has 32 heavy (non-hydrogen) atoms. The second-order valence-electron chi connectivity index (χ2n) is 8.30. The van der Waals surface area contributed by atoms with E-state index < -0.39 is 24.5 Å². The molecule has 7 nitrogen and oxygen atoms in total. The summed E-state index contributed by atoms with van der Waals surface area (Å²) in [6.45, 7) is 2.75. The average molecular weight is 444 g/mol. The minimum absolute atomic E-state index is 0.104. The number of alkyl halides is 2. The number of nitrogens with zero attached hydrogens (tertiary/aromatic N) is 3. The van der Waals surface area contributed by atoms with Crippen LogP contribution in [0.2, 0.25) is 0 Å². The van der Waals surface area contributed by atoms with Crippen molar-refractivity contribution in [3.63, 3.8) is 0 Å². The van der Waals surface area contributed by atoms with Crippen molar-refractivity contribution in [3.05, 3.63) is 53.0 Å². The summed E-state index contributed by atoms with van der Waals surface area (Å²) >= 11 is 0. The smallest absolute Gasteiger partial charge is 0.279 e. The Labute approximate surface area is 185 Å². The summed E-state index contributed by atoms with van der Waals surface area (Å²) in [5.74, 6) is -0.551. The lowest BCUT2D eigenvalue weighted by atomic mass is 9.81. The Kier molecular flexibility index (Phi) is 6.19. The second kappa shape index (κ2) is 8.90. The van der Waals surface area contributed by atoms with E-state index >= 15 is 0 Å². The molecular weight excluding hydrogens is 418 g/mol. The molecule has 9 heteroatoms. The highest BCUT2D eigenvalue weighted by molar-refractivity contribution is 6.03. The number of hydroxylamine groups is 2. The van der Waals surface area contributed by atoms with Gasteiger partial charge < -0.3 is 5.32 Å². The summed E-state index contributed by atoms with van der Waals surface area (Å²) in [6, 6.07) is 3.37. The van der Waals surface area contributed by atoms with Crippen LogP contribution >= 0.6 is 0 Å². The fraction of sp³-hybridized carbons (Fsp3) is 0.478. The van der Waals surface area contributed by atoms with Crippen LogP contribution in [0.1, 0.15) is 66.1 Å². The van der Waals surface area contributed by atoms with Crippen molar-refractivity contribution < 1.29 is 23.2 Å². The van der Waals surface area contributed by atoms with Gasteiger partial charge in [0, 0.05) is 35.6 Å². The van der Waals surface area contributed by atoms with Gasteiger partial charge in [-0.25, -0.2) is 18.8 Å². The lowest BCUT2D eigenvalue weighted by molar-refractivity contribution is -0.192. The van der Waals surface area contributed by atoms with Gasteiger partial charge in [0.2, 0.25) is 5.91 Å². The quantitative estimate of drug-likeness (QED) is 0.691. The van der Waals surface area contributed by atoms with Gasteiger partial charge in [-0.05, 0) is 37.8 Å². The van der Waals surface area contributed by atoms with E-state index in [1.165, 1.54) is 12.3 Å². The third kappa shape index (κ3) is 3.74. The summed E-state index contributed by atoms with van der Waals surface area (Å²) in [7, 11) is 0. The number of hydrogen-bond acceptors (Lipinski definition) is 5. The highest BCUT2D eigenvalue weighted by Gasteiger charge is 2.54. The van der Waals surface area contributed by atoms with E-state index in [2.05, 4.69) is 15.3 Å². The minimum Gasteiger partial charge on any atom is -0.310 e. The maximum Gasteiger partial charge on any atom is 0.279 e. The summed E-state index contributed by atoms with van der Waals surface area (Å²) in [6.07, 6.45) is 5.86. The Bertz CT molecular complexity index is 1030. The molecule has 0 bridgehead atoms. The molecule has 170 valence electrons. The SMILES string of the molecule is CCC1(c2cncc(C)c2)c2c(ccnc2NC(=O)C2CCCC2)C(=O)N1OCC(F)F. The highest BCUT2D eigenvalue weighted by Crippen LogP contribution is 2.49. The molecule has 1 saturated carbocycles. The van der Waals surface area contributed by atoms with Gasteiger partial charge in [0.15, 0.2) is 0 Å². The normalized spacial score (nSPS) is 20.8. The van der Waals surface area contributed by atoms with Crippen LogP contribution in [0.4, 0.5) is 14.6 Å². The van der Waals surface area contributed by atoms with Gasteiger partial charge in [-0.15, -0.1) is 0 Å². The van der Waals surface area contributed by atoms with Gasteiger partial charge in [0.05, 0.1) is 5.56 Å². The summed E-state index contributed by atoms with van der Waals surface area (Å²) in [4.78, 5) is 40.2. The van der Waals surface area contributed by atoms with Crippen LogP contribution in [0.15, 0.2) is 30.7 Å². The van der Waals surface area contributed by atoms with Crippen molar-refractivity contribution in [2.75, 3.05) is 11.9 Å². The van der Waals surface area contributed by atoms with Gasteiger partial charge in [-0.2, -0.15) is 0 Å². The number of hydrogen-bond donors (Lipinski definition) is 1. The van der Waals surface area contributed by atoms with Crippen LogP contribution in [0.5, 0.6) is 0 Å². The second-order valence-corrected chi connectivity index (χ2v) is 8.30. The molecule has 4 rings (SSSR count). The Morgan fingerprint density at radius 3 is 2.75 bits per heavy atom. The summed E-state index contributed by atoms with van der Waals surface area (Å²) in [5.41, 5.74) is 0.892. The van der Waals surface area contributed by atoms with Crippen LogP contribution in [0.3, 0.4) is 0 Å². The predicted octanol–water partition coefficient (Wildman–Crippen LogP) is 4.22. The number of amides is 2. The first-order valence-electron chi connectivity index (χ1n) is 10.9. The molecule has 3 heterocycles. The van der Waals surface area contributed by atoms with Gasteiger partial charge in [-0.3, -0.25) is 19.4 Å². The van der Waals surface area contributed by atoms with Crippen LogP contribution in [-0.2, 0) is 15.2 Å². The zero-order chi connectivity index (χ0) is 22.9. The zero-order valence-electron chi connectivity index (χ0n) is 18.1. The molecule has 0 aromatic carbocycles. The fourth-order valence-electron chi connectivity index (χ4n) is 4.81. The van der Waals surface area contributed by atoms with Crippen molar-refractivity contribution in [2.45, 2.75) is 57.9 Å². The van der Waals surface area contributed by atoms with Crippen LogP contribution in [0, 0.1) is 12.8 Å². The van der Waals surface area contributed by atoms with Crippen molar-refractivity contribution in [1.82, 2.24) is 15.0 Å². The van der Waals surface area contributed by atoms with Gasteiger partial charge in [0.1, 0.15) is 18.0 Å². The number of fused-ring (bicyclic) bond motifs is 1. The van der Waals surface area contributed by atoms with Crippen molar-refractivity contribution in [3.8, 4) is 0 Å². The molecule has 2 aromatic heterocycles. The lowest BCUT2D eigenvalue weighted by Crippen LogP contribution is -2.45. The van der Waals surface area contributed by atoms with Gasteiger partial charge in [-0.1, -0.05) is 25.8 Å². The molecule has 1 aliphatic heterocycles. The molecule has 1 unspecified atom stereocenters. The third-order valence-electron chi connectivity index (χ3n) is 6.29. The Balaban J connectivity index is 1.86. The van der Waals surface area contributed by atoms with Crippen LogP contribution < -0.4 is 5.32 Å². The largest absolute Gasteiger partial charge is 0.310 e. The monoisotopic (exact) mass is 444 g/mol. The van der Waals surface area contributed by atoms with Crippen molar-refractivity contribution >= 4 is 17.6 Å². The number of rotatable bonds is 7. The first-order valence-corrected chi connectivity index (χ1v) is 10.9. The summed E-state index contributed by atoms with van der Waals surface area (Å²) in [5, 5.41) is 3.92. The number of halogens is 2. The average Bonchev–Trinajstić information content (AvgIpc) is 3.39. The molecule has 1 fully saturated rings. The molecule has 1 aliphatic carbocycles. The van der Waals surface area contributed by atoms with Crippen molar-refractivity contribution in [2.24, 2.45) is 5.92 Å². The standard InChI is InChI=1S/C23H26F2N4O3/c1-3-23(16-10-14(2)11-26-12-16)19-17(22(31)29(23)32-13-18(24)25)8-9-27-20(19)28-21(30)15-6-4-5-7-15/h8-12,15,18H,3-7,13H2,1-2H3,(H,27,28,30). The third-order valence-corrected chi connectivity index (χ3v) is 6.29. The molecule has 2 aliphatic rings. The molecular formula is C23H26F2N4O3. The Hall–Kier alpha value is -2.94. The van der Waals surface area contributed by atoms with E-state index in [-0.39, 0.29) is 23.2 Å². The Morgan fingerprint density at radius 2 is 2.09 bits per heavy atom. The minimum atomic E-state index is -2.75. The molecule has 1 N–H and O–H groups in total. The lowest BCUT2D eigenvalue weighted by Gasteiger charge is -2.38. The van der Waals surface area contributed by atoms with Crippen molar-refractivity contribution in [1.29, 1.82) is 0 Å². The van der Waals surface area contributed by atoms with Gasteiger partial charge >= 0.3 is 0 Å². The molecule has 2 amide bonds. The number of aromatic nitrogens is 2. The molecule has 0 saturated heterocycles. The number of aryl methyl sites for hydroxylation is 1. The number of carbonyl (C=O) groups excluding carboxylic acids is 2. The van der Waals surface area contributed by atoms with E-state index in [0.29, 0.717) is 17.5 Å². The zero-order valence-corrected chi connectivity index (χ0v) is 18.1. The van der Waals surface area contributed by atoms with E-state index in [9.17, 15) is 18.4 Å². The van der Waals surface area contributed by atoms with Crippen LogP contribution in [-0.4, -0.2) is 39.9 Å². The molecule has 0 spiro atoms. The summed E-state index contributed by atoms with van der Waals surface area (Å²) < 4.78 is 26.1. The highest BCUT2D eigenvalue weighted by atomic mass is 19.3. The number of carbonyl (C=O) groups is 2. The fourth-order valence-corrected chi connectivity index (χ4v) is 4.81. The van der Waals surface area contributed by atoms with E-state index in [0.717, 1.165) is 36.3 Å². The maximum atomic E-state index is 13.3. The number of pyridine rings is 2. The first kappa shape index (κ1) is 22.3. The van der Waals surface area contributed by atoms with Crippen LogP contribution in [0.25, 0.3) is 0 Å². The number of nitrogens with one attached hydrogen (secondary N) is 1.